The lowest BCUT2D eigenvalue weighted by molar-refractivity contribution is 0.379. The minimum Gasteiger partial charge on any atom is -0.370 e. The number of anilines is 2. The summed E-state index contributed by atoms with van der Waals surface area (Å²) in [4.78, 5) is 20.4. The molecule has 7 nitrogen and oxygen atoms in total. The van der Waals surface area contributed by atoms with E-state index < -0.39 is 0 Å². The monoisotopic (exact) mass is 615 g/mol. The number of rotatable bonds is 8. The van der Waals surface area contributed by atoms with E-state index in [-0.39, 0.29) is 37.2 Å². The standard InChI is InChI=1S/C25H30BrN7.3ClH/c26-22-10-8-21(9-11-22)20-33(24-7-2-4-13-29-24)15-5-14-30-25(27)32-18-16-31(17-19-32)23-6-1-3-12-28-23;;;/h1-4,6-13H,5,14-20H2,(H2,27,30);3*1H. The van der Waals surface area contributed by atoms with Gasteiger partial charge >= 0.3 is 0 Å². The molecule has 3 aromatic rings. The van der Waals surface area contributed by atoms with Crippen LogP contribution in [0.5, 0.6) is 0 Å². The molecule has 0 aliphatic carbocycles. The Labute approximate surface area is 240 Å². The zero-order chi connectivity index (χ0) is 22.9. The highest BCUT2D eigenvalue weighted by atomic mass is 79.9. The first-order chi connectivity index (χ1) is 16.2. The van der Waals surface area contributed by atoms with E-state index in [4.69, 9.17) is 5.73 Å². The predicted octanol–water partition coefficient (Wildman–Crippen LogP) is 5.04. The van der Waals surface area contributed by atoms with Gasteiger partial charge < -0.3 is 20.4 Å². The van der Waals surface area contributed by atoms with Crippen LogP contribution in [0, 0.1) is 0 Å². The van der Waals surface area contributed by atoms with Gasteiger partial charge in [0.2, 0.25) is 0 Å². The number of hydrogen-bond donors (Lipinski definition) is 1. The molecule has 0 atom stereocenters. The van der Waals surface area contributed by atoms with Crippen LogP contribution in [0.4, 0.5) is 11.6 Å². The zero-order valence-electron chi connectivity index (χ0n) is 19.9. The van der Waals surface area contributed by atoms with Gasteiger partial charge in [-0.15, -0.1) is 37.2 Å². The van der Waals surface area contributed by atoms with Crippen LogP contribution in [-0.2, 0) is 6.54 Å². The highest BCUT2D eigenvalue weighted by Gasteiger charge is 2.19. The van der Waals surface area contributed by atoms with Crippen molar-refractivity contribution in [3.05, 3.63) is 83.1 Å². The first-order valence-corrected chi connectivity index (χ1v) is 12.1. The smallest absolute Gasteiger partial charge is 0.191 e. The molecule has 2 aromatic heterocycles. The van der Waals surface area contributed by atoms with Gasteiger partial charge in [0, 0.05) is 62.7 Å². The molecular formula is C25H33BrCl3N7. The van der Waals surface area contributed by atoms with E-state index in [1.165, 1.54) is 5.56 Å². The van der Waals surface area contributed by atoms with Gasteiger partial charge in [0.1, 0.15) is 11.6 Å². The summed E-state index contributed by atoms with van der Waals surface area (Å²) >= 11 is 3.51. The van der Waals surface area contributed by atoms with Gasteiger partial charge in [0.15, 0.2) is 5.96 Å². The van der Waals surface area contributed by atoms with Crippen LogP contribution in [0.15, 0.2) is 82.5 Å². The molecule has 1 fully saturated rings. The van der Waals surface area contributed by atoms with Crippen LogP contribution in [-0.4, -0.2) is 60.1 Å². The molecule has 196 valence electrons. The van der Waals surface area contributed by atoms with E-state index >= 15 is 0 Å². The third kappa shape index (κ3) is 9.32. The highest BCUT2D eigenvalue weighted by Crippen LogP contribution is 2.17. The Morgan fingerprint density at radius 1 is 0.889 bits per heavy atom. The lowest BCUT2D eigenvalue weighted by Crippen LogP contribution is -2.51. The number of nitrogens with zero attached hydrogens (tertiary/aromatic N) is 6. The number of aromatic nitrogens is 2. The van der Waals surface area contributed by atoms with Crippen molar-refractivity contribution in [2.24, 2.45) is 10.7 Å². The van der Waals surface area contributed by atoms with Crippen molar-refractivity contribution < 1.29 is 0 Å². The molecule has 0 amide bonds. The summed E-state index contributed by atoms with van der Waals surface area (Å²) < 4.78 is 1.08. The predicted molar refractivity (Wildman–Crippen MR) is 160 cm³/mol. The molecule has 1 saturated heterocycles. The summed E-state index contributed by atoms with van der Waals surface area (Å²) in [6.07, 6.45) is 4.58. The summed E-state index contributed by atoms with van der Waals surface area (Å²) in [5.41, 5.74) is 7.56. The molecule has 0 unspecified atom stereocenters. The van der Waals surface area contributed by atoms with E-state index in [0.717, 1.165) is 61.8 Å². The molecule has 0 spiro atoms. The Hall–Kier alpha value is -2.26. The fourth-order valence-electron chi connectivity index (χ4n) is 3.89. The fraction of sp³-hybridized carbons (Fsp3) is 0.320. The van der Waals surface area contributed by atoms with Crippen molar-refractivity contribution in [1.82, 2.24) is 14.9 Å². The SMILES string of the molecule is Cl.Cl.Cl.NC(=NCCCN(Cc1ccc(Br)cc1)c1ccccn1)N1CCN(c2ccccn2)CC1. The van der Waals surface area contributed by atoms with Gasteiger partial charge in [-0.1, -0.05) is 40.2 Å². The average molecular weight is 618 g/mol. The van der Waals surface area contributed by atoms with Crippen LogP contribution in [0.3, 0.4) is 0 Å². The summed E-state index contributed by atoms with van der Waals surface area (Å²) in [6, 6.07) is 20.5. The van der Waals surface area contributed by atoms with Crippen LogP contribution < -0.4 is 15.5 Å². The molecule has 3 heterocycles. The second kappa shape index (κ2) is 16.5. The molecule has 1 aromatic carbocycles. The van der Waals surface area contributed by atoms with Crippen LogP contribution in [0.25, 0.3) is 0 Å². The largest absolute Gasteiger partial charge is 0.370 e. The third-order valence-electron chi connectivity index (χ3n) is 5.70. The minimum absolute atomic E-state index is 0. The molecule has 0 bridgehead atoms. The normalized spacial score (nSPS) is 13.2. The third-order valence-corrected chi connectivity index (χ3v) is 6.23. The molecule has 2 N–H and O–H groups in total. The van der Waals surface area contributed by atoms with Crippen LogP contribution in [0.1, 0.15) is 12.0 Å². The highest BCUT2D eigenvalue weighted by molar-refractivity contribution is 9.10. The van der Waals surface area contributed by atoms with Gasteiger partial charge in [-0.05, 0) is 48.4 Å². The van der Waals surface area contributed by atoms with Crippen molar-refractivity contribution >= 4 is 70.7 Å². The quantitative estimate of drug-likeness (QED) is 0.217. The molecule has 1 aliphatic heterocycles. The molecule has 11 heteroatoms. The maximum Gasteiger partial charge on any atom is 0.191 e. The minimum atomic E-state index is 0. The van der Waals surface area contributed by atoms with Gasteiger partial charge in [0.05, 0.1) is 0 Å². The Morgan fingerprint density at radius 3 is 2.17 bits per heavy atom. The van der Waals surface area contributed by atoms with Crippen LogP contribution in [0.2, 0.25) is 0 Å². The molecule has 1 aliphatic rings. The molecule has 4 rings (SSSR count). The van der Waals surface area contributed by atoms with Crippen molar-refractivity contribution in [2.45, 2.75) is 13.0 Å². The van der Waals surface area contributed by atoms with Gasteiger partial charge in [-0.3, -0.25) is 4.99 Å². The van der Waals surface area contributed by atoms with E-state index in [1.807, 2.05) is 36.7 Å². The zero-order valence-corrected chi connectivity index (χ0v) is 24.0. The lowest BCUT2D eigenvalue weighted by Gasteiger charge is -2.35. The average Bonchev–Trinajstić information content (AvgIpc) is 2.88. The van der Waals surface area contributed by atoms with Gasteiger partial charge in [-0.25, -0.2) is 9.97 Å². The van der Waals surface area contributed by atoms with E-state index in [0.29, 0.717) is 12.5 Å². The van der Waals surface area contributed by atoms with Crippen molar-refractivity contribution in [3.8, 4) is 0 Å². The number of halogens is 4. The van der Waals surface area contributed by atoms with E-state index in [2.05, 4.69) is 82.0 Å². The van der Waals surface area contributed by atoms with Gasteiger partial charge in [-0.2, -0.15) is 0 Å². The molecule has 36 heavy (non-hydrogen) atoms. The maximum absolute atomic E-state index is 6.31. The molecule has 0 saturated carbocycles. The van der Waals surface area contributed by atoms with Crippen molar-refractivity contribution in [2.75, 3.05) is 49.1 Å². The number of benzene rings is 1. The number of hydrogen-bond acceptors (Lipinski definition) is 5. The Morgan fingerprint density at radius 2 is 1.56 bits per heavy atom. The number of piperazine rings is 1. The molecular weight excluding hydrogens is 585 g/mol. The van der Waals surface area contributed by atoms with Gasteiger partial charge in [0.25, 0.3) is 0 Å². The van der Waals surface area contributed by atoms with Crippen molar-refractivity contribution in [3.63, 3.8) is 0 Å². The lowest BCUT2D eigenvalue weighted by atomic mass is 10.2. The Balaban J connectivity index is 0.00000216. The second-order valence-electron chi connectivity index (χ2n) is 7.99. The van der Waals surface area contributed by atoms with E-state index in [9.17, 15) is 0 Å². The number of guanidine groups is 1. The number of aliphatic imine (C=N–C) groups is 1. The summed E-state index contributed by atoms with van der Waals surface area (Å²) in [6.45, 7) is 5.86. The Bertz CT molecular complexity index is 1020. The fourth-order valence-corrected chi connectivity index (χ4v) is 4.15. The summed E-state index contributed by atoms with van der Waals surface area (Å²) in [5, 5.41) is 0. The van der Waals surface area contributed by atoms with Crippen LogP contribution >= 0.6 is 53.2 Å². The summed E-state index contributed by atoms with van der Waals surface area (Å²) in [7, 11) is 0. The topological polar surface area (TPSA) is 73.9 Å². The van der Waals surface area contributed by atoms with Crippen molar-refractivity contribution in [1.29, 1.82) is 0 Å². The molecule has 0 radical (unpaired) electrons. The number of nitrogens with two attached hydrogens (primary N) is 1. The summed E-state index contributed by atoms with van der Waals surface area (Å²) in [5.74, 6) is 2.63. The first kappa shape index (κ1) is 31.8. The van der Waals surface area contributed by atoms with E-state index in [1.54, 1.807) is 0 Å². The second-order valence-corrected chi connectivity index (χ2v) is 8.91. The maximum atomic E-state index is 6.31. The first-order valence-electron chi connectivity index (χ1n) is 11.3. The Kier molecular flexibility index (Phi) is 14.5. The number of pyridine rings is 2.